The quantitative estimate of drug-likeness (QED) is 0.176. The van der Waals surface area contributed by atoms with Gasteiger partial charge in [0.05, 0.1) is 32.3 Å². The minimum Gasteiger partial charge on any atom is -0.309 e. The molecule has 4 nitrogen and oxygen atoms in total. The normalized spacial score (nSPS) is 11.9. The van der Waals surface area contributed by atoms with Crippen LogP contribution in [0.15, 0.2) is 194 Å². The first kappa shape index (κ1) is 32.0. The van der Waals surface area contributed by atoms with Gasteiger partial charge < -0.3 is 4.57 Å². The van der Waals surface area contributed by atoms with Gasteiger partial charge in [0, 0.05) is 37.7 Å². The lowest BCUT2D eigenvalue weighted by Crippen LogP contribution is -2.01. The van der Waals surface area contributed by atoms with Crippen molar-refractivity contribution in [2.45, 2.75) is 0 Å². The topological polar surface area (TPSA) is 35.6 Å². The monoisotopic (exact) mass is 744 g/mol. The van der Waals surface area contributed by atoms with E-state index >= 15 is 0 Å². The van der Waals surface area contributed by atoms with Gasteiger partial charge in [0.2, 0.25) is 0 Å². The molecular formula is C52H32N4S. The summed E-state index contributed by atoms with van der Waals surface area (Å²) in [4.78, 5) is 11.8. The molecule has 5 heteroatoms. The number of fused-ring (bicyclic) bond motifs is 8. The van der Waals surface area contributed by atoms with E-state index in [4.69, 9.17) is 9.97 Å². The van der Waals surface area contributed by atoms with Crippen LogP contribution in [0, 0.1) is 0 Å². The Morgan fingerprint density at radius 1 is 0.368 bits per heavy atom. The van der Waals surface area contributed by atoms with Gasteiger partial charge in [-0.15, -0.1) is 11.3 Å². The second-order valence-corrected chi connectivity index (χ2v) is 15.7. The maximum atomic E-state index is 5.43. The van der Waals surface area contributed by atoms with E-state index in [-0.39, 0.29) is 0 Å². The van der Waals surface area contributed by atoms with Crippen LogP contribution in [0.3, 0.4) is 0 Å². The van der Waals surface area contributed by atoms with Gasteiger partial charge in [-0.3, -0.25) is 4.57 Å². The van der Waals surface area contributed by atoms with Crippen LogP contribution in [0.25, 0.3) is 109 Å². The zero-order valence-electron chi connectivity index (χ0n) is 30.7. The Balaban J connectivity index is 1.12. The van der Waals surface area contributed by atoms with Crippen molar-refractivity contribution in [2.75, 3.05) is 0 Å². The van der Waals surface area contributed by atoms with E-state index in [0.29, 0.717) is 5.82 Å². The highest BCUT2D eigenvalue weighted by atomic mass is 32.1. The second kappa shape index (κ2) is 12.6. The van der Waals surface area contributed by atoms with E-state index in [9.17, 15) is 0 Å². The summed E-state index contributed by atoms with van der Waals surface area (Å²) in [5.41, 5.74) is 11.3. The summed E-state index contributed by atoms with van der Waals surface area (Å²) in [6.07, 6.45) is 0. The molecule has 0 amide bonds. The third kappa shape index (κ3) is 5.06. The molecule has 0 atom stereocenters. The standard InChI is InChI=1S/C52H32N4S/c1-4-14-33(15-5-1)49-32-44-50(57-49)52(54-51(53-44)34-16-6-2-7-17-34)56-47-27-25-38(30-42(47)43-28-35-18-10-11-19-36(35)31-48(43)56)37-24-26-46-41(29-37)40-22-12-13-23-45(40)55(46)39-20-8-3-9-21-39/h1-32H. The van der Waals surface area contributed by atoms with Crippen molar-refractivity contribution in [3.63, 3.8) is 0 Å². The van der Waals surface area contributed by atoms with Crippen molar-refractivity contribution in [3.05, 3.63) is 194 Å². The van der Waals surface area contributed by atoms with E-state index in [1.807, 2.05) is 6.07 Å². The van der Waals surface area contributed by atoms with E-state index in [2.05, 4.69) is 197 Å². The molecule has 4 heterocycles. The Bertz CT molecular complexity index is 3510. The van der Waals surface area contributed by atoms with Crippen LogP contribution in [0.5, 0.6) is 0 Å². The molecule has 0 saturated carbocycles. The Kier molecular flexibility index (Phi) is 7.06. The summed E-state index contributed by atoms with van der Waals surface area (Å²) < 4.78 is 5.81. The average molecular weight is 745 g/mol. The van der Waals surface area contributed by atoms with E-state index < -0.39 is 0 Å². The molecule has 0 bridgehead atoms. The molecule has 266 valence electrons. The fourth-order valence-corrected chi connectivity index (χ4v) is 9.73. The predicted octanol–water partition coefficient (Wildman–Crippen LogP) is 14.0. The molecule has 0 radical (unpaired) electrons. The van der Waals surface area contributed by atoms with Crippen LogP contribution < -0.4 is 0 Å². The van der Waals surface area contributed by atoms with Gasteiger partial charge in [0.25, 0.3) is 0 Å². The van der Waals surface area contributed by atoms with Crippen molar-refractivity contribution in [1.82, 2.24) is 19.1 Å². The highest BCUT2D eigenvalue weighted by Crippen LogP contribution is 2.43. The first-order valence-electron chi connectivity index (χ1n) is 19.2. The molecule has 4 aromatic heterocycles. The van der Waals surface area contributed by atoms with Crippen LogP contribution in [-0.2, 0) is 0 Å². The third-order valence-electron chi connectivity index (χ3n) is 11.3. The Morgan fingerprint density at radius 2 is 0.930 bits per heavy atom. The Labute approximate surface area is 332 Å². The number of thiophene rings is 1. The van der Waals surface area contributed by atoms with Gasteiger partial charge in [-0.1, -0.05) is 133 Å². The summed E-state index contributed by atoms with van der Waals surface area (Å²) >= 11 is 1.75. The first-order chi connectivity index (χ1) is 28.2. The van der Waals surface area contributed by atoms with E-state index in [1.54, 1.807) is 11.3 Å². The van der Waals surface area contributed by atoms with Gasteiger partial charge >= 0.3 is 0 Å². The highest BCUT2D eigenvalue weighted by Gasteiger charge is 2.22. The molecule has 0 saturated heterocycles. The Hall–Kier alpha value is -7.34. The number of aromatic nitrogens is 4. The average Bonchev–Trinajstić information content (AvgIpc) is 3.96. The maximum Gasteiger partial charge on any atom is 0.162 e. The molecule has 8 aromatic carbocycles. The number of para-hydroxylation sites is 2. The van der Waals surface area contributed by atoms with Gasteiger partial charge in [0.1, 0.15) is 0 Å². The minimum atomic E-state index is 0.714. The van der Waals surface area contributed by atoms with Crippen molar-refractivity contribution in [1.29, 1.82) is 0 Å². The lowest BCUT2D eigenvalue weighted by molar-refractivity contribution is 1.08. The number of nitrogens with zero attached hydrogens (tertiary/aromatic N) is 4. The molecule has 0 spiro atoms. The Morgan fingerprint density at radius 3 is 1.67 bits per heavy atom. The first-order valence-corrected chi connectivity index (χ1v) is 20.1. The van der Waals surface area contributed by atoms with E-state index in [1.165, 1.54) is 64.9 Å². The van der Waals surface area contributed by atoms with Gasteiger partial charge in [-0.25, -0.2) is 9.97 Å². The van der Waals surface area contributed by atoms with Gasteiger partial charge in [-0.2, -0.15) is 0 Å². The summed E-state index contributed by atoms with van der Waals surface area (Å²) in [5.74, 6) is 1.61. The zero-order valence-corrected chi connectivity index (χ0v) is 31.5. The van der Waals surface area contributed by atoms with Crippen LogP contribution in [0.4, 0.5) is 0 Å². The third-order valence-corrected chi connectivity index (χ3v) is 12.5. The molecule has 0 fully saturated rings. The molecule has 0 aliphatic rings. The fourth-order valence-electron chi connectivity index (χ4n) is 8.65. The molecule has 0 aliphatic heterocycles. The lowest BCUT2D eigenvalue weighted by Gasteiger charge is -2.11. The van der Waals surface area contributed by atoms with Crippen LogP contribution >= 0.6 is 11.3 Å². The minimum absolute atomic E-state index is 0.714. The summed E-state index contributed by atoms with van der Waals surface area (Å²) in [6, 6.07) is 69.7. The van der Waals surface area contributed by atoms with E-state index in [0.717, 1.165) is 38.3 Å². The fraction of sp³-hybridized carbons (Fsp3) is 0. The molecular weight excluding hydrogens is 713 g/mol. The van der Waals surface area contributed by atoms with Crippen LogP contribution in [0.1, 0.15) is 0 Å². The molecule has 57 heavy (non-hydrogen) atoms. The van der Waals surface area contributed by atoms with Crippen molar-refractivity contribution < 1.29 is 0 Å². The smallest absolute Gasteiger partial charge is 0.162 e. The molecule has 0 unspecified atom stereocenters. The van der Waals surface area contributed by atoms with Crippen LogP contribution in [0.2, 0.25) is 0 Å². The number of rotatable bonds is 5. The van der Waals surface area contributed by atoms with Crippen molar-refractivity contribution >= 4 is 75.9 Å². The number of hydrogen-bond acceptors (Lipinski definition) is 3. The summed E-state index contributed by atoms with van der Waals surface area (Å²) in [5, 5.41) is 7.27. The highest BCUT2D eigenvalue weighted by molar-refractivity contribution is 7.22. The summed E-state index contributed by atoms with van der Waals surface area (Å²) in [6.45, 7) is 0. The summed E-state index contributed by atoms with van der Waals surface area (Å²) in [7, 11) is 0. The van der Waals surface area contributed by atoms with Gasteiger partial charge in [0.15, 0.2) is 11.6 Å². The molecule has 0 aliphatic carbocycles. The lowest BCUT2D eigenvalue weighted by atomic mass is 10.00. The zero-order chi connectivity index (χ0) is 37.5. The van der Waals surface area contributed by atoms with Crippen molar-refractivity contribution in [3.8, 4) is 44.5 Å². The van der Waals surface area contributed by atoms with Crippen LogP contribution in [-0.4, -0.2) is 19.1 Å². The SMILES string of the molecule is c1ccc(-c2nc(-n3c4ccc(-c5ccc6c(c5)c5ccccc5n6-c5ccccc5)cc4c4cc5ccccc5cc43)c3sc(-c4ccccc4)cc3n2)cc1. The molecule has 12 rings (SSSR count). The predicted molar refractivity (Wildman–Crippen MR) is 240 cm³/mol. The largest absolute Gasteiger partial charge is 0.309 e. The van der Waals surface area contributed by atoms with Gasteiger partial charge in [-0.05, 0) is 88.1 Å². The van der Waals surface area contributed by atoms with Crippen molar-refractivity contribution in [2.24, 2.45) is 0 Å². The number of benzene rings is 8. The number of hydrogen-bond donors (Lipinski definition) is 0. The maximum absolute atomic E-state index is 5.43. The second-order valence-electron chi connectivity index (χ2n) is 14.6. The molecule has 0 N–H and O–H groups in total. The molecule has 12 aromatic rings.